The van der Waals surface area contributed by atoms with Gasteiger partial charge in [-0.3, -0.25) is 14.4 Å². The maximum absolute atomic E-state index is 14.8. The number of ether oxygens (including phenoxy) is 2. The number of benzene rings is 2. The second-order valence-electron chi connectivity index (χ2n) is 13.7. The first-order valence-electron chi connectivity index (χ1n) is 17.0. The van der Waals surface area contributed by atoms with E-state index in [1.54, 1.807) is 32.9 Å². The van der Waals surface area contributed by atoms with Crippen LogP contribution in [-0.4, -0.2) is 99.5 Å². The highest BCUT2D eigenvalue weighted by Gasteiger charge is 2.34. The lowest BCUT2D eigenvalue weighted by molar-refractivity contribution is -0.138. The van der Waals surface area contributed by atoms with E-state index in [9.17, 15) is 36.7 Å². The molecule has 2 aromatic carbocycles. The molecule has 0 aliphatic carbocycles. The van der Waals surface area contributed by atoms with Crippen molar-refractivity contribution >= 4 is 29.5 Å². The lowest BCUT2D eigenvalue weighted by Gasteiger charge is -2.39. The lowest BCUT2D eigenvalue weighted by atomic mass is 9.95. The smallest absolute Gasteiger partial charge is 0.410 e. The molecule has 280 valence electrons. The number of nitrogens with one attached hydrogen (secondary N) is 1. The monoisotopic (exact) mass is 730 g/mol. The molecule has 0 bridgehead atoms. The number of aryl methyl sites for hydroxylation is 1. The zero-order valence-electron chi connectivity index (χ0n) is 29.7. The Hall–Kier alpha value is -5.15. The molecule has 3 heterocycles. The van der Waals surface area contributed by atoms with Crippen molar-refractivity contribution < 1.29 is 46.2 Å². The second kappa shape index (κ2) is 15.6. The number of hydrogen-bond donors (Lipinski definition) is 1. The summed E-state index contributed by atoms with van der Waals surface area (Å²) in [5.74, 6) is -5.15. The molecule has 16 heteroatoms. The molecule has 2 aliphatic rings. The van der Waals surface area contributed by atoms with Crippen molar-refractivity contribution in [3.05, 3.63) is 65.1 Å². The van der Waals surface area contributed by atoms with Crippen LogP contribution < -0.4 is 10.1 Å². The number of piperidine rings is 1. The fourth-order valence-electron chi connectivity index (χ4n) is 6.34. The van der Waals surface area contributed by atoms with Crippen molar-refractivity contribution in [2.75, 3.05) is 44.6 Å². The molecule has 12 nitrogen and oxygen atoms in total. The zero-order chi connectivity index (χ0) is 37.9. The quantitative estimate of drug-likeness (QED) is 0.294. The summed E-state index contributed by atoms with van der Waals surface area (Å²) < 4.78 is 64.8. The number of likely N-dealkylation sites (tertiary alicyclic amines) is 1. The highest BCUT2D eigenvalue weighted by Crippen LogP contribution is 2.31. The van der Waals surface area contributed by atoms with Gasteiger partial charge in [0.15, 0.2) is 17.4 Å². The molecule has 2 fully saturated rings. The number of alkyl halides is 2. The van der Waals surface area contributed by atoms with Crippen LogP contribution in [0.25, 0.3) is 11.3 Å². The third-order valence-corrected chi connectivity index (χ3v) is 9.08. The standard InChI is InChI=1S/C36H42F4N6O6/c1-6-21-19-23(42-31(47)30-41-20-26(43(30)5)25-9-10-27(51-34(39)40)29(38)28(25)37)7-8-24(21)33(49)45-17-15-44(16-18-45)32(48)22-11-13-46(14-12-22)35(50)52-36(2,3)4/h7-10,19-20,22,34H,6,11-18H2,1-5H3,(H,42,47). The first-order valence-corrected chi connectivity index (χ1v) is 17.0. The fraction of sp³-hybridized carbons (Fsp3) is 0.472. The van der Waals surface area contributed by atoms with E-state index in [-0.39, 0.29) is 40.9 Å². The van der Waals surface area contributed by atoms with E-state index in [1.807, 2.05) is 27.7 Å². The average molecular weight is 731 g/mol. The first kappa shape index (κ1) is 38.1. The van der Waals surface area contributed by atoms with Crippen molar-refractivity contribution in [3.8, 4) is 17.0 Å². The Labute approximate surface area is 298 Å². The van der Waals surface area contributed by atoms with E-state index >= 15 is 0 Å². The molecule has 0 unspecified atom stereocenters. The summed E-state index contributed by atoms with van der Waals surface area (Å²) in [5.41, 5.74) is 0.643. The summed E-state index contributed by atoms with van der Waals surface area (Å²) >= 11 is 0. The van der Waals surface area contributed by atoms with Gasteiger partial charge in [-0.1, -0.05) is 6.92 Å². The van der Waals surface area contributed by atoms with E-state index in [4.69, 9.17) is 4.74 Å². The van der Waals surface area contributed by atoms with Crippen LogP contribution in [0.3, 0.4) is 0 Å². The molecule has 0 radical (unpaired) electrons. The van der Waals surface area contributed by atoms with Crippen LogP contribution in [-0.2, 0) is 23.0 Å². The van der Waals surface area contributed by atoms with Crippen LogP contribution in [0.5, 0.6) is 5.75 Å². The predicted octanol–water partition coefficient (Wildman–Crippen LogP) is 5.71. The SMILES string of the molecule is CCc1cc(NC(=O)c2ncc(-c3ccc(OC(F)F)c(F)c3F)n2C)ccc1C(=O)N1CCN(C(=O)C2CCN(C(=O)OC(C)(C)C)CC2)CC1. The number of amides is 4. The number of anilines is 1. The molecule has 4 amide bonds. The average Bonchev–Trinajstić information content (AvgIpc) is 3.49. The van der Waals surface area contributed by atoms with Crippen molar-refractivity contribution in [1.29, 1.82) is 0 Å². The minimum atomic E-state index is -3.34. The molecule has 3 aromatic rings. The van der Waals surface area contributed by atoms with Gasteiger partial charge in [-0.05, 0) is 75.9 Å². The Balaban J connectivity index is 1.17. The number of piperazine rings is 1. The summed E-state index contributed by atoms with van der Waals surface area (Å²) in [6.45, 7) is 6.36. The van der Waals surface area contributed by atoms with Crippen molar-refractivity contribution in [2.45, 2.75) is 59.2 Å². The van der Waals surface area contributed by atoms with Crippen LogP contribution in [0.15, 0.2) is 36.5 Å². The van der Waals surface area contributed by atoms with Crippen molar-refractivity contribution in [2.24, 2.45) is 13.0 Å². The van der Waals surface area contributed by atoms with Crippen LogP contribution >= 0.6 is 0 Å². The van der Waals surface area contributed by atoms with Gasteiger partial charge < -0.3 is 34.1 Å². The van der Waals surface area contributed by atoms with Crippen molar-refractivity contribution in [1.82, 2.24) is 24.3 Å². The zero-order valence-corrected chi connectivity index (χ0v) is 29.7. The molecule has 0 atom stereocenters. The van der Waals surface area contributed by atoms with Crippen LogP contribution in [0.4, 0.5) is 28.0 Å². The second-order valence-corrected chi connectivity index (χ2v) is 13.7. The van der Waals surface area contributed by atoms with Gasteiger partial charge in [0.05, 0.1) is 11.9 Å². The van der Waals surface area contributed by atoms with E-state index in [0.717, 1.165) is 18.3 Å². The summed E-state index contributed by atoms with van der Waals surface area (Å²) in [6.07, 6.45) is 2.36. The number of nitrogens with zero attached hydrogens (tertiary/aromatic N) is 5. The number of halogens is 4. The third-order valence-electron chi connectivity index (χ3n) is 9.08. The molecule has 0 spiro atoms. The predicted molar refractivity (Wildman–Crippen MR) is 182 cm³/mol. The van der Waals surface area contributed by atoms with Gasteiger partial charge in [0, 0.05) is 69.0 Å². The summed E-state index contributed by atoms with van der Waals surface area (Å²) in [6, 6.07) is 6.79. The Morgan fingerprint density at radius 3 is 2.19 bits per heavy atom. The van der Waals surface area contributed by atoms with Gasteiger partial charge in [-0.25, -0.2) is 14.2 Å². The topological polar surface area (TPSA) is 126 Å². The molecular weight excluding hydrogens is 688 g/mol. The normalized spacial score (nSPS) is 15.5. The maximum atomic E-state index is 14.8. The number of aromatic nitrogens is 2. The molecule has 0 saturated carbocycles. The minimum Gasteiger partial charge on any atom is -0.444 e. The van der Waals surface area contributed by atoms with Gasteiger partial charge in [-0.15, -0.1) is 0 Å². The minimum absolute atomic E-state index is 0.0192. The highest BCUT2D eigenvalue weighted by molar-refractivity contribution is 6.03. The molecule has 52 heavy (non-hydrogen) atoms. The number of imidazole rings is 1. The van der Waals surface area contributed by atoms with Crippen LogP contribution in [0, 0.1) is 17.6 Å². The molecule has 2 saturated heterocycles. The van der Waals surface area contributed by atoms with Gasteiger partial charge in [0.2, 0.25) is 11.7 Å². The van der Waals surface area contributed by atoms with E-state index in [1.165, 1.54) is 11.6 Å². The molecule has 5 rings (SSSR count). The third kappa shape index (κ3) is 8.48. The van der Waals surface area contributed by atoms with Gasteiger partial charge in [0.25, 0.3) is 11.8 Å². The number of carbonyl (C=O) groups excluding carboxylic acids is 4. The van der Waals surface area contributed by atoms with E-state index in [2.05, 4.69) is 15.0 Å². The fourth-order valence-corrected chi connectivity index (χ4v) is 6.34. The summed E-state index contributed by atoms with van der Waals surface area (Å²) in [4.78, 5) is 61.6. The molecule has 2 aliphatic heterocycles. The van der Waals surface area contributed by atoms with Gasteiger partial charge >= 0.3 is 12.7 Å². The van der Waals surface area contributed by atoms with Crippen molar-refractivity contribution in [3.63, 3.8) is 0 Å². The number of hydrogen-bond acceptors (Lipinski definition) is 7. The summed E-state index contributed by atoms with van der Waals surface area (Å²) in [5, 5.41) is 2.72. The van der Waals surface area contributed by atoms with Gasteiger partial charge in [-0.2, -0.15) is 13.2 Å². The Morgan fingerprint density at radius 1 is 0.923 bits per heavy atom. The van der Waals surface area contributed by atoms with E-state index < -0.39 is 35.5 Å². The maximum Gasteiger partial charge on any atom is 0.410 e. The lowest BCUT2D eigenvalue weighted by Crippen LogP contribution is -2.53. The van der Waals surface area contributed by atoms with E-state index in [0.29, 0.717) is 75.3 Å². The highest BCUT2D eigenvalue weighted by atomic mass is 19.3. The molecule has 1 aromatic heterocycles. The number of carbonyl (C=O) groups is 4. The molecular formula is C36H42F4N6O6. The van der Waals surface area contributed by atoms with Crippen LogP contribution in [0.2, 0.25) is 0 Å². The largest absolute Gasteiger partial charge is 0.444 e. The molecule has 1 N–H and O–H groups in total. The summed E-state index contributed by atoms with van der Waals surface area (Å²) in [7, 11) is 1.42. The Morgan fingerprint density at radius 2 is 1.58 bits per heavy atom. The first-order chi connectivity index (χ1) is 24.6. The Bertz CT molecular complexity index is 1830. The van der Waals surface area contributed by atoms with Crippen LogP contribution in [0.1, 0.15) is 67.1 Å². The van der Waals surface area contributed by atoms with Gasteiger partial charge in [0.1, 0.15) is 5.60 Å². The Kier molecular flexibility index (Phi) is 11.4. The number of rotatable bonds is 8.